The maximum absolute atomic E-state index is 12.4. The second kappa shape index (κ2) is 4.71. The van der Waals surface area contributed by atoms with Gasteiger partial charge in [0.1, 0.15) is 0 Å². The average molecular weight is 272 g/mol. The predicted octanol–water partition coefficient (Wildman–Crippen LogP) is 3.64. The van der Waals surface area contributed by atoms with E-state index in [1.54, 1.807) is 4.90 Å². The Bertz CT molecular complexity index is 624. The van der Waals surface area contributed by atoms with Crippen LogP contribution in [0.4, 0.5) is 5.69 Å². The summed E-state index contributed by atoms with van der Waals surface area (Å²) >= 11 is 6.06. The lowest BCUT2D eigenvalue weighted by atomic mass is 9.93. The number of fused-ring (bicyclic) bond motifs is 1. The second-order valence-corrected chi connectivity index (χ2v) is 5.28. The maximum atomic E-state index is 12.4. The molecule has 96 valence electrons. The van der Waals surface area contributed by atoms with E-state index < -0.39 is 0 Å². The Labute approximate surface area is 117 Å². The van der Waals surface area contributed by atoms with Gasteiger partial charge in [-0.05, 0) is 35.7 Å². The average Bonchev–Trinajstić information content (AvgIpc) is 2.65. The van der Waals surface area contributed by atoms with Crippen LogP contribution in [0.15, 0.2) is 48.5 Å². The lowest BCUT2D eigenvalue weighted by Gasteiger charge is -2.11. The van der Waals surface area contributed by atoms with Crippen molar-refractivity contribution in [3.63, 3.8) is 0 Å². The van der Waals surface area contributed by atoms with E-state index >= 15 is 0 Å². The van der Waals surface area contributed by atoms with Crippen molar-refractivity contribution in [2.75, 3.05) is 11.9 Å². The Balaban J connectivity index is 1.99. The van der Waals surface area contributed by atoms with Crippen LogP contribution in [0.3, 0.4) is 0 Å². The highest BCUT2D eigenvalue weighted by atomic mass is 35.5. The fourth-order valence-electron chi connectivity index (χ4n) is 2.64. The molecule has 1 aliphatic heterocycles. The van der Waals surface area contributed by atoms with Crippen LogP contribution in [0.1, 0.15) is 17.0 Å². The minimum atomic E-state index is -0.124. The SMILES string of the molecule is CN1C(=O)C(Cc2ccccc2)c2cc(Cl)ccc21. The van der Waals surface area contributed by atoms with Crippen LogP contribution in [0.25, 0.3) is 0 Å². The van der Waals surface area contributed by atoms with E-state index in [1.165, 1.54) is 5.56 Å². The molecule has 2 aromatic rings. The summed E-state index contributed by atoms with van der Waals surface area (Å²) in [5.41, 5.74) is 3.17. The number of halogens is 1. The van der Waals surface area contributed by atoms with Crippen LogP contribution >= 0.6 is 11.6 Å². The Morgan fingerprint density at radius 3 is 2.63 bits per heavy atom. The molecule has 0 N–H and O–H groups in total. The fourth-order valence-corrected chi connectivity index (χ4v) is 2.82. The van der Waals surface area contributed by atoms with Crippen molar-refractivity contribution in [2.24, 2.45) is 0 Å². The summed E-state index contributed by atoms with van der Waals surface area (Å²) in [7, 11) is 1.82. The molecule has 1 unspecified atom stereocenters. The first kappa shape index (κ1) is 12.2. The molecule has 0 aliphatic carbocycles. The molecule has 0 radical (unpaired) electrons. The van der Waals surface area contributed by atoms with Gasteiger partial charge >= 0.3 is 0 Å². The number of carbonyl (C=O) groups is 1. The third kappa shape index (κ3) is 2.13. The van der Waals surface area contributed by atoms with Crippen LogP contribution < -0.4 is 4.90 Å². The Morgan fingerprint density at radius 1 is 1.16 bits per heavy atom. The monoisotopic (exact) mass is 271 g/mol. The zero-order valence-electron chi connectivity index (χ0n) is 10.6. The van der Waals surface area contributed by atoms with Gasteiger partial charge in [-0.3, -0.25) is 4.79 Å². The summed E-state index contributed by atoms with van der Waals surface area (Å²) in [6.45, 7) is 0. The molecule has 2 aromatic carbocycles. The standard InChI is InChI=1S/C16H14ClNO/c1-18-15-8-7-12(17)10-13(15)14(16(18)19)9-11-5-3-2-4-6-11/h2-8,10,14H,9H2,1H3. The lowest BCUT2D eigenvalue weighted by Crippen LogP contribution is -2.24. The molecule has 0 saturated carbocycles. The molecule has 1 atom stereocenters. The fraction of sp³-hybridized carbons (Fsp3) is 0.188. The molecule has 0 aromatic heterocycles. The van der Waals surface area contributed by atoms with Crippen molar-refractivity contribution in [3.05, 3.63) is 64.7 Å². The zero-order chi connectivity index (χ0) is 13.4. The zero-order valence-corrected chi connectivity index (χ0v) is 11.4. The molecule has 1 aliphatic rings. The van der Waals surface area contributed by atoms with Gasteiger partial charge in [-0.2, -0.15) is 0 Å². The quantitative estimate of drug-likeness (QED) is 0.817. The van der Waals surface area contributed by atoms with E-state index in [0.29, 0.717) is 5.02 Å². The molecule has 1 heterocycles. The summed E-state index contributed by atoms with van der Waals surface area (Å²) in [6, 6.07) is 15.7. The third-order valence-corrected chi connectivity index (χ3v) is 3.87. The molecule has 0 bridgehead atoms. The Morgan fingerprint density at radius 2 is 1.89 bits per heavy atom. The summed E-state index contributed by atoms with van der Waals surface area (Å²) in [5.74, 6) is 0.0159. The molecule has 3 rings (SSSR count). The topological polar surface area (TPSA) is 20.3 Å². The molecule has 0 spiro atoms. The van der Waals surface area contributed by atoms with Crippen LogP contribution in [-0.4, -0.2) is 13.0 Å². The predicted molar refractivity (Wildman–Crippen MR) is 77.7 cm³/mol. The Hall–Kier alpha value is -1.80. The molecule has 3 heteroatoms. The van der Waals surface area contributed by atoms with E-state index in [0.717, 1.165) is 17.7 Å². The molecular formula is C16H14ClNO. The van der Waals surface area contributed by atoms with E-state index in [-0.39, 0.29) is 11.8 Å². The van der Waals surface area contributed by atoms with Gasteiger partial charge in [-0.25, -0.2) is 0 Å². The summed E-state index contributed by atoms with van der Waals surface area (Å²) in [6.07, 6.45) is 0.720. The van der Waals surface area contributed by atoms with E-state index in [2.05, 4.69) is 12.1 Å². The van der Waals surface area contributed by atoms with E-state index in [9.17, 15) is 4.79 Å². The van der Waals surface area contributed by atoms with Crippen molar-refractivity contribution >= 4 is 23.2 Å². The number of hydrogen-bond donors (Lipinski definition) is 0. The number of rotatable bonds is 2. The maximum Gasteiger partial charge on any atom is 0.234 e. The van der Waals surface area contributed by atoms with Crippen molar-refractivity contribution in [2.45, 2.75) is 12.3 Å². The van der Waals surface area contributed by atoms with E-state index in [4.69, 9.17) is 11.6 Å². The van der Waals surface area contributed by atoms with Gasteiger partial charge in [0.05, 0.1) is 5.92 Å². The van der Waals surface area contributed by atoms with Gasteiger partial charge in [0.15, 0.2) is 0 Å². The smallest absolute Gasteiger partial charge is 0.234 e. The van der Waals surface area contributed by atoms with Crippen LogP contribution in [-0.2, 0) is 11.2 Å². The van der Waals surface area contributed by atoms with Crippen LogP contribution in [0, 0.1) is 0 Å². The summed E-state index contributed by atoms with van der Waals surface area (Å²) in [5, 5.41) is 0.680. The van der Waals surface area contributed by atoms with Crippen molar-refractivity contribution < 1.29 is 4.79 Å². The second-order valence-electron chi connectivity index (χ2n) is 4.84. The molecular weight excluding hydrogens is 258 g/mol. The van der Waals surface area contributed by atoms with Gasteiger partial charge < -0.3 is 4.90 Å². The third-order valence-electron chi connectivity index (χ3n) is 3.64. The molecule has 0 saturated heterocycles. The first-order chi connectivity index (χ1) is 9.16. The van der Waals surface area contributed by atoms with Crippen molar-refractivity contribution in [1.29, 1.82) is 0 Å². The van der Waals surface area contributed by atoms with Gasteiger partial charge in [0.25, 0.3) is 0 Å². The highest BCUT2D eigenvalue weighted by Crippen LogP contribution is 2.39. The lowest BCUT2D eigenvalue weighted by molar-refractivity contribution is -0.119. The minimum Gasteiger partial charge on any atom is -0.315 e. The highest BCUT2D eigenvalue weighted by Gasteiger charge is 2.35. The largest absolute Gasteiger partial charge is 0.315 e. The van der Waals surface area contributed by atoms with Crippen molar-refractivity contribution in [1.82, 2.24) is 0 Å². The first-order valence-corrected chi connectivity index (χ1v) is 6.65. The highest BCUT2D eigenvalue weighted by molar-refractivity contribution is 6.31. The van der Waals surface area contributed by atoms with Crippen LogP contribution in [0.5, 0.6) is 0 Å². The number of nitrogens with zero attached hydrogens (tertiary/aromatic N) is 1. The number of amides is 1. The number of carbonyl (C=O) groups excluding carboxylic acids is 1. The summed E-state index contributed by atoms with van der Waals surface area (Å²) < 4.78 is 0. The first-order valence-electron chi connectivity index (χ1n) is 6.28. The molecule has 1 amide bonds. The van der Waals surface area contributed by atoms with Gasteiger partial charge in [-0.1, -0.05) is 41.9 Å². The molecule has 2 nitrogen and oxygen atoms in total. The van der Waals surface area contributed by atoms with Gasteiger partial charge in [0, 0.05) is 17.8 Å². The normalized spacial score (nSPS) is 17.7. The number of benzene rings is 2. The van der Waals surface area contributed by atoms with E-state index in [1.807, 2.05) is 43.4 Å². The Kier molecular flexibility index (Phi) is 3.03. The van der Waals surface area contributed by atoms with Gasteiger partial charge in [0.2, 0.25) is 5.91 Å². The van der Waals surface area contributed by atoms with Gasteiger partial charge in [-0.15, -0.1) is 0 Å². The molecule has 19 heavy (non-hydrogen) atoms. The minimum absolute atomic E-state index is 0.124. The molecule has 0 fully saturated rings. The summed E-state index contributed by atoms with van der Waals surface area (Å²) in [4.78, 5) is 14.1. The number of likely N-dealkylation sites (N-methyl/N-ethyl adjacent to an activating group) is 1. The van der Waals surface area contributed by atoms with Crippen molar-refractivity contribution in [3.8, 4) is 0 Å². The number of anilines is 1. The number of hydrogen-bond acceptors (Lipinski definition) is 1. The van der Waals surface area contributed by atoms with Crippen LogP contribution in [0.2, 0.25) is 5.02 Å².